The highest BCUT2D eigenvalue weighted by Crippen LogP contribution is 2.40. The maximum atomic E-state index is 13.2. The van der Waals surface area contributed by atoms with Crippen molar-refractivity contribution in [2.45, 2.75) is 59.1 Å². The number of likely N-dealkylation sites (tertiary alicyclic amines) is 1. The number of hydrogen-bond acceptors (Lipinski definition) is 5. The molecule has 6 nitrogen and oxygen atoms in total. The normalized spacial score (nSPS) is 17.6. The first-order chi connectivity index (χ1) is 16.6. The van der Waals surface area contributed by atoms with Crippen LogP contribution in [-0.4, -0.2) is 47.6 Å². The second kappa shape index (κ2) is 11.7. The Labute approximate surface area is 212 Å². The van der Waals surface area contributed by atoms with E-state index in [1.165, 1.54) is 4.90 Å². The molecule has 1 aliphatic rings. The highest BCUT2D eigenvalue weighted by atomic mass is 35.5. The van der Waals surface area contributed by atoms with Crippen LogP contribution in [0.5, 0.6) is 5.75 Å². The number of aliphatic hydroxyl groups is 1. The molecule has 0 saturated carbocycles. The lowest BCUT2D eigenvalue weighted by atomic mass is 9.93. The lowest BCUT2D eigenvalue weighted by Gasteiger charge is -2.26. The van der Waals surface area contributed by atoms with E-state index < -0.39 is 17.7 Å². The van der Waals surface area contributed by atoms with Crippen LogP contribution in [-0.2, 0) is 14.3 Å². The fourth-order valence-electron chi connectivity index (χ4n) is 4.15. The van der Waals surface area contributed by atoms with E-state index in [1.807, 2.05) is 45.0 Å². The van der Waals surface area contributed by atoms with Crippen LogP contribution in [0.25, 0.3) is 5.76 Å². The van der Waals surface area contributed by atoms with Crippen LogP contribution >= 0.6 is 11.6 Å². The zero-order valence-corrected chi connectivity index (χ0v) is 21.8. The van der Waals surface area contributed by atoms with Crippen LogP contribution < -0.4 is 4.74 Å². The number of ketones is 1. The molecule has 0 radical (unpaired) electrons. The number of nitrogens with zero attached hydrogens (tertiary/aromatic N) is 1. The van der Waals surface area contributed by atoms with Gasteiger partial charge in [-0.2, -0.15) is 0 Å². The number of hydrogen-bond donors (Lipinski definition) is 1. The van der Waals surface area contributed by atoms with Crippen molar-refractivity contribution < 1.29 is 24.2 Å². The fraction of sp³-hybridized carbons (Fsp3) is 0.429. The Morgan fingerprint density at radius 2 is 1.77 bits per heavy atom. The van der Waals surface area contributed by atoms with E-state index in [1.54, 1.807) is 18.2 Å². The van der Waals surface area contributed by atoms with Gasteiger partial charge >= 0.3 is 0 Å². The maximum absolute atomic E-state index is 13.2. The third kappa shape index (κ3) is 6.06. The van der Waals surface area contributed by atoms with E-state index in [2.05, 4.69) is 13.8 Å². The summed E-state index contributed by atoms with van der Waals surface area (Å²) in [7, 11) is 0. The predicted molar refractivity (Wildman–Crippen MR) is 138 cm³/mol. The van der Waals surface area contributed by atoms with E-state index in [-0.39, 0.29) is 17.4 Å². The van der Waals surface area contributed by atoms with Crippen LogP contribution in [0.1, 0.15) is 69.7 Å². The van der Waals surface area contributed by atoms with Gasteiger partial charge in [-0.3, -0.25) is 9.59 Å². The largest absolute Gasteiger partial charge is 0.507 e. The van der Waals surface area contributed by atoms with Crippen LogP contribution in [0.3, 0.4) is 0 Å². The maximum Gasteiger partial charge on any atom is 0.295 e. The molecule has 0 aromatic heterocycles. The number of ether oxygens (including phenoxy) is 2. The van der Waals surface area contributed by atoms with E-state index in [0.717, 1.165) is 11.1 Å². The molecule has 1 atom stereocenters. The predicted octanol–water partition coefficient (Wildman–Crippen LogP) is 6.10. The Hall–Kier alpha value is -2.83. The number of carbonyl (C=O) groups is 2. The highest BCUT2D eigenvalue weighted by molar-refractivity contribution is 6.46. The summed E-state index contributed by atoms with van der Waals surface area (Å²) in [5.74, 6) is -0.778. The standard InChI is InChI=1S/C28H34ClNO5/c1-6-34-23-13-12-21(16-22(23)29)26(31)24-25(20-10-8-19(9-11-20)17(2)3)30(28(33)27(24)32)14-7-15-35-18(4)5/h8-13,16-18,25,31H,6-7,14-15H2,1-5H3. The van der Waals surface area contributed by atoms with Crippen molar-refractivity contribution >= 4 is 29.1 Å². The van der Waals surface area contributed by atoms with Gasteiger partial charge in [0, 0.05) is 18.7 Å². The Kier molecular flexibility index (Phi) is 8.98. The van der Waals surface area contributed by atoms with E-state index in [9.17, 15) is 14.7 Å². The summed E-state index contributed by atoms with van der Waals surface area (Å²) in [6.07, 6.45) is 0.648. The minimum absolute atomic E-state index is 0.0531. The summed E-state index contributed by atoms with van der Waals surface area (Å²) in [5.41, 5.74) is 2.31. The minimum atomic E-state index is -0.713. The summed E-state index contributed by atoms with van der Waals surface area (Å²) in [6.45, 7) is 11.2. The van der Waals surface area contributed by atoms with Crippen LogP contribution in [0.15, 0.2) is 48.0 Å². The van der Waals surface area contributed by atoms with Gasteiger partial charge in [0.1, 0.15) is 11.5 Å². The second-order valence-corrected chi connectivity index (χ2v) is 9.57. The van der Waals surface area contributed by atoms with Crippen molar-refractivity contribution in [1.82, 2.24) is 4.90 Å². The zero-order chi connectivity index (χ0) is 25.7. The first-order valence-corrected chi connectivity index (χ1v) is 12.5. The van der Waals surface area contributed by atoms with Crippen molar-refractivity contribution in [3.63, 3.8) is 0 Å². The molecule has 0 aliphatic carbocycles. The summed E-state index contributed by atoms with van der Waals surface area (Å²) in [6, 6.07) is 11.9. The van der Waals surface area contributed by atoms with E-state index >= 15 is 0 Å². The molecule has 2 aromatic rings. The molecule has 1 unspecified atom stereocenters. The van der Waals surface area contributed by atoms with Crippen molar-refractivity contribution in [2.24, 2.45) is 0 Å². The van der Waals surface area contributed by atoms with Crippen LogP contribution in [0.2, 0.25) is 5.02 Å². The van der Waals surface area contributed by atoms with Gasteiger partial charge in [0.15, 0.2) is 0 Å². The molecule has 3 rings (SSSR count). The minimum Gasteiger partial charge on any atom is -0.507 e. The lowest BCUT2D eigenvalue weighted by molar-refractivity contribution is -0.140. The average molecular weight is 500 g/mol. The molecule has 188 valence electrons. The van der Waals surface area contributed by atoms with E-state index in [4.69, 9.17) is 21.1 Å². The molecule has 0 spiro atoms. The SMILES string of the molecule is CCOc1ccc(C(O)=C2C(=O)C(=O)N(CCCOC(C)C)C2c2ccc(C(C)C)cc2)cc1Cl. The van der Waals surface area contributed by atoms with Crippen LogP contribution in [0.4, 0.5) is 0 Å². The van der Waals surface area contributed by atoms with Gasteiger partial charge in [-0.15, -0.1) is 0 Å². The Bertz CT molecular complexity index is 1090. The van der Waals surface area contributed by atoms with Gasteiger partial charge in [0.2, 0.25) is 0 Å². The van der Waals surface area contributed by atoms with Gasteiger partial charge in [-0.1, -0.05) is 49.7 Å². The Balaban J connectivity index is 2.05. The van der Waals surface area contributed by atoms with Crippen molar-refractivity contribution in [3.8, 4) is 5.75 Å². The van der Waals surface area contributed by atoms with Crippen molar-refractivity contribution in [3.05, 3.63) is 69.8 Å². The topological polar surface area (TPSA) is 76.1 Å². The fourth-order valence-corrected chi connectivity index (χ4v) is 4.39. The highest BCUT2D eigenvalue weighted by Gasteiger charge is 2.45. The summed E-state index contributed by atoms with van der Waals surface area (Å²) in [5, 5.41) is 11.6. The molecule has 1 saturated heterocycles. The molecule has 1 N–H and O–H groups in total. The van der Waals surface area contributed by atoms with Crippen molar-refractivity contribution in [2.75, 3.05) is 19.8 Å². The lowest BCUT2D eigenvalue weighted by Crippen LogP contribution is -2.31. The van der Waals surface area contributed by atoms with Gasteiger partial charge in [-0.05, 0) is 62.4 Å². The number of carbonyl (C=O) groups excluding carboxylic acids is 2. The summed E-state index contributed by atoms with van der Waals surface area (Å²) in [4.78, 5) is 27.8. The molecule has 1 amide bonds. The Morgan fingerprint density at radius 1 is 1.09 bits per heavy atom. The van der Waals surface area contributed by atoms with Crippen molar-refractivity contribution in [1.29, 1.82) is 0 Å². The first-order valence-electron chi connectivity index (χ1n) is 12.1. The molecule has 1 heterocycles. The number of amides is 1. The molecule has 35 heavy (non-hydrogen) atoms. The summed E-state index contributed by atoms with van der Waals surface area (Å²) < 4.78 is 11.1. The number of rotatable bonds is 10. The van der Waals surface area contributed by atoms with Gasteiger partial charge in [0.25, 0.3) is 11.7 Å². The van der Waals surface area contributed by atoms with Gasteiger partial charge in [-0.25, -0.2) is 0 Å². The average Bonchev–Trinajstić information content (AvgIpc) is 3.07. The summed E-state index contributed by atoms with van der Waals surface area (Å²) >= 11 is 6.33. The quantitative estimate of drug-likeness (QED) is 0.185. The Morgan fingerprint density at radius 3 is 2.34 bits per heavy atom. The third-order valence-corrected chi connectivity index (χ3v) is 6.25. The monoisotopic (exact) mass is 499 g/mol. The third-order valence-electron chi connectivity index (χ3n) is 5.96. The zero-order valence-electron chi connectivity index (χ0n) is 21.0. The molecular weight excluding hydrogens is 466 g/mol. The number of halogens is 1. The van der Waals surface area contributed by atoms with E-state index in [0.29, 0.717) is 48.4 Å². The molecule has 7 heteroatoms. The number of Topliss-reactive ketones (excluding diaryl/α,β-unsaturated/α-hetero) is 1. The molecule has 0 bridgehead atoms. The molecule has 2 aromatic carbocycles. The molecular formula is C28H34ClNO5. The van der Waals surface area contributed by atoms with Crippen LogP contribution in [0, 0.1) is 0 Å². The molecule has 1 aliphatic heterocycles. The van der Waals surface area contributed by atoms with Gasteiger partial charge in [0.05, 0.1) is 29.3 Å². The first kappa shape index (κ1) is 26.8. The number of benzene rings is 2. The van der Waals surface area contributed by atoms with Gasteiger partial charge < -0.3 is 19.5 Å². The second-order valence-electron chi connectivity index (χ2n) is 9.17. The number of aliphatic hydroxyl groups excluding tert-OH is 1. The smallest absolute Gasteiger partial charge is 0.295 e. The molecule has 1 fully saturated rings.